The van der Waals surface area contributed by atoms with E-state index in [2.05, 4.69) is 10.6 Å². The van der Waals surface area contributed by atoms with Crippen molar-refractivity contribution in [3.05, 3.63) is 47.0 Å². The van der Waals surface area contributed by atoms with E-state index in [9.17, 15) is 32.7 Å². The number of carboxylic acid groups (broad SMARTS) is 1. The van der Waals surface area contributed by atoms with Gasteiger partial charge in [-0.3, -0.25) is 9.59 Å². The van der Waals surface area contributed by atoms with Gasteiger partial charge in [-0.05, 0) is 36.9 Å². The molecule has 214 valence electrons. The van der Waals surface area contributed by atoms with Gasteiger partial charge < -0.3 is 20.6 Å². The number of carbonyl (C=O) groups is 3. The highest BCUT2D eigenvalue weighted by molar-refractivity contribution is 5.91. The molecule has 0 saturated heterocycles. The lowest BCUT2D eigenvalue weighted by Crippen LogP contribution is -2.61. The second-order valence-electron chi connectivity index (χ2n) is 11.7. The van der Waals surface area contributed by atoms with Crippen LogP contribution in [0.2, 0.25) is 0 Å². The van der Waals surface area contributed by atoms with Gasteiger partial charge in [-0.15, -0.1) is 0 Å². The molecule has 1 aromatic carbocycles. The Morgan fingerprint density at radius 2 is 1.53 bits per heavy atom. The van der Waals surface area contributed by atoms with Crippen LogP contribution in [0.25, 0.3) is 0 Å². The van der Waals surface area contributed by atoms with E-state index >= 15 is 0 Å². The maximum Gasteiger partial charge on any atom is 0.416 e. The number of amides is 2. The van der Waals surface area contributed by atoms with E-state index in [0.29, 0.717) is 5.56 Å². The van der Waals surface area contributed by atoms with Crippen molar-refractivity contribution < 1.29 is 32.7 Å². The van der Waals surface area contributed by atoms with Crippen molar-refractivity contribution >= 4 is 17.8 Å². The number of hydrogen-bond donors (Lipinski definition) is 3. The molecule has 0 spiro atoms. The Bertz CT molecular complexity index is 1040. The number of alkyl halides is 3. The molecule has 1 aromatic rings. The molecule has 0 aliphatic rings. The second-order valence-corrected chi connectivity index (χ2v) is 11.7. The summed E-state index contributed by atoms with van der Waals surface area (Å²) in [6.45, 7) is 13.9. The van der Waals surface area contributed by atoms with E-state index in [-0.39, 0.29) is 11.5 Å². The Morgan fingerprint density at radius 1 is 1.00 bits per heavy atom. The molecule has 7 nitrogen and oxygen atoms in total. The van der Waals surface area contributed by atoms with Crippen LogP contribution in [0, 0.1) is 11.3 Å². The fourth-order valence-electron chi connectivity index (χ4n) is 4.39. The van der Waals surface area contributed by atoms with Crippen molar-refractivity contribution in [1.29, 1.82) is 0 Å². The van der Waals surface area contributed by atoms with E-state index < -0.39 is 58.5 Å². The minimum absolute atomic E-state index is 0.0952. The van der Waals surface area contributed by atoms with E-state index in [0.717, 1.165) is 12.1 Å². The summed E-state index contributed by atoms with van der Waals surface area (Å²) in [5.74, 6) is -2.16. The molecule has 3 atom stereocenters. The average Bonchev–Trinajstić information content (AvgIpc) is 2.78. The third-order valence-corrected chi connectivity index (χ3v) is 6.84. The van der Waals surface area contributed by atoms with Crippen LogP contribution in [0.1, 0.15) is 66.5 Å². The number of nitrogens with one attached hydrogen (secondary N) is 2. The van der Waals surface area contributed by atoms with Crippen molar-refractivity contribution in [3.63, 3.8) is 0 Å². The topological polar surface area (TPSA) is 98.7 Å². The molecule has 10 heteroatoms. The summed E-state index contributed by atoms with van der Waals surface area (Å²) in [5.41, 5.74) is -2.21. The quantitative estimate of drug-likeness (QED) is 0.376. The standard InChI is InChI=1S/C28H42F3N3O4/c1-16(2)20(14-17(3)25(37)38)34(10)24(36)22(26(4,5)6)33-23(35)21(32-9)27(7,8)18-12-11-13-19(15-18)28(29,30)31/h11-16,20-22,32H,1-10H3,(H,33,35)(H,37,38)/t20-,21-,22-/m1/s1. The van der Waals surface area contributed by atoms with E-state index in [1.54, 1.807) is 41.7 Å². The number of nitrogens with zero attached hydrogens (tertiary/aromatic N) is 1. The third kappa shape index (κ3) is 8.06. The van der Waals surface area contributed by atoms with Crippen LogP contribution in [0.4, 0.5) is 13.2 Å². The molecule has 0 bridgehead atoms. The molecule has 0 radical (unpaired) electrons. The van der Waals surface area contributed by atoms with Gasteiger partial charge in [-0.2, -0.15) is 13.2 Å². The maximum absolute atomic E-state index is 13.7. The molecule has 0 heterocycles. The first-order chi connectivity index (χ1) is 17.2. The van der Waals surface area contributed by atoms with Crippen molar-refractivity contribution in [3.8, 4) is 0 Å². The molecular formula is C28H42F3N3O4. The Hall–Kier alpha value is -2.88. The van der Waals surface area contributed by atoms with Crippen LogP contribution in [-0.4, -0.2) is 60.0 Å². The third-order valence-electron chi connectivity index (χ3n) is 6.84. The van der Waals surface area contributed by atoms with E-state index in [1.807, 2.05) is 13.8 Å². The number of halogens is 3. The lowest BCUT2D eigenvalue weighted by Gasteiger charge is -2.40. The molecule has 3 N–H and O–H groups in total. The van der Waals surface area contributed by atoms with Crippen LogP contribution in [-0.2, 0) is 26.0 Å². The van der Waals surface area contributed by atoms with Crippen LogP contribution in [0.5, 0.6) is 0 Å². The predicted octanol–water partition coefficient (Wildman–Crippen LogP) is 4.62. The summed E-state index contributed by atoms with van der Waals surface area (Å²) in [7, 11) is 3.10. The number of hydrogen-bond acceptors (Lipinski definition) is 4. The zero-order valence-corrected chi connectivity index (χ0v) is 23.9. The van der Waals surface area contributed by atoms with Gasteiger partial charge in [0.25, 0.3) is 0 Å². The Kier molecular flexibility index (Phi) is 10.7. The van der Waals surface area contributed by atoms with Gasteiger partial charge in [0.1, 0.15) is 6.04 Å². The molecule has 2 amide bonds. The average molecular weight is 542 g/mol. The van der Waals surface area contributed by atoms with Gasteiger partial charge in [0, 0.05) is 18.0 Å². The zero-order chi connectivity index (χ0) is 29.8. The summed E-state index contributed by atoms with van der Waals surface area (Å²) in [6, 6.07) is 2.35. The Morgan fingerprint density at radius 3 is 1.95 bits per heavy atom. The van der Waals surface area contributed by atoms with Gasteiger partial charge in [-0.1, -0.05) is 72.7 Å². The second kappa shape index (κ2) is 12.3. The van der Waals surface area contributed by atoms with Crippen molar-refractivity contribution in [2.45, 2.75) is 85.1 Å². The van der Waals surface area contributed by atoms with Gasteiger partial charge in [-0.25, -0.2) is 4.79 Å². The van der Waals surface area contributed by atoms with Crippen LogP contribution < -0.4 is 10.6 Å². The maximum atomic E-state index is 13.7. The molecule has 0 aliphatic heterocycles. The molecule has 0 saturated carbocycles. The molecular weight excluding hydrogens is 499 g/mol. The Labute approximate surface area is 223 Å². The van der Waals surface area contributed by atoms with Gasteiger partial charge in [0.05, 0.1) is 17.6 Å². The number of aliphatic carboxylic acids is 1. The summed E-state index contributed by atoms with van der Waals surface area (Å²) >= 11 is 0. The first-order valence-electron chi connectivity index (χ1n) is 12.5. The molecule has 0 fully saturated rings. The van der Waals surface area contributed by atoms with Gasteiger partial charge >= 0.3 is 12.1 Å². The highest BCUT2D eigenvalue weighted by Crippen LogP contribution is 2.34. The smallest absolute Gasteiger partial charge is 0.416 e. The molecule has 38 heavy (non-hydrogen) atoms. The summed E-state index contributed by atoms with van der Waals surface area (Å²) in [6.07, 6.45) is -3.02. The summed E-state index contributed by atoms with van der Waals surface area (Å²) in [4.78, 5) is 40.1. The van der Waals surface area contributed by atoms with E-state index in [4.69, 9.17) is 0 Å². The highest BCUT2D eigenvalue weighted by Gasteiger charge is 2.42. The normalized spacial score (nSPS) is 15.6. The van der Waals surface area contributed by atoms with Crippen molar-refractivity contribution in [2.75, 3.05) is 14.1 Å². The number of likely N-dealkylation sites (N-methyl/N-ethyl adjacent to an activating group) is 2. The summed E-state index contributed by atoms with van der Waals surface area (Å²) < 4.78 is 40.0. The largest absolute Gasteiger partial charge is 0.478 e. The lowest BCUT2D eigenvalue weighted by molar-refractivity contribution is -0.141. The Balaban J connectivity index is 3.39. The number of rotatable bonds is 10. The van der Waals surface area contributed by atoms with Crippen molar-refractivity contribution in [2.24, 2.45) is 11.3 Å². The minimum atomic E-state index is -4.53. The minimum Gasteiger partial charge on any atom is -0.478 e. The SMILES string of the molecule is CN[C@H](C(=O)N[C@H](C(=O)N(C)[C@H](C=C(C)C(=O)O)C(C)C)C(C)(C)C)C(C)(C)c1cccc(C(F)(F)F)c1. The molecule has 1 rings (SSSR count). The van der Waals surface area contributed by atoms with Crippen LogP contribution in [0.3, 0.4) is 0 Å². The number of carboxylic acids is 1. The highest BCUT2D eigenvalue weighted by atomic mass is 19.4. The molecule has 0 unspecified atom stereocenters. The fraction of sp³-hybridized carbons (Fsp3) is 0.607. The number of benzene rings is 1. The van der Waals surface area contributed by atoms with Crippen LogP contribution in [0.15, 0.2) is 35.9 Å². The fourth-order valence-corrected chi connectivity index (χ4v) is 4.39. The first kappa shape index (κ1) is 33.1. The van der Waals surface area contributed by atoms with Crippen molar-refractivity contribution in [1.82, 2.24) is 15.5 Å². The zero-order valence-electron chi connectivity index (χ0n) is 23.9. The van der Waals surface area contributed by atoms with Gasteiger partial charge in [0.15, 0.2) is 0 Å². The molecule has 0 aromatic heterocycles. The number of carbonyl (C=O) groups excluding carboxylic acids is 2. The monoisotopic (exact) mass is 541 g/mol. The molecule has 0 aliphatic carbocycles. The summed E-state index contributed by atoms with van der Waals surface area (Å²) in [5, 5.41) is 15.1. The lowest BCUT2D eigenvalue weighted by atomic mass is 9.76. The van der Waals surface area contributed by atoms with E-state index in [1.165, 1.54) is 37.1 Å². The van der Waals surface area contributed by atoms with Crippen LogP contribution >= 0.6 is 0 Å². The first-order valence-corrected chi connectivity index (χ1v) is 12.5. The van der Waals surface area contributed by atoms with Gasteiger partial charge in [0.2, 0.25) is 11.8 Å². The predicted molar refractivity (Wildman–Crippen MR) is 141 cm³/mol.